The summed E-state index contributed by atoms with van der Waals surface area (Å²) in [5.74, 6) is 1.72. The summed E-state index contributed by atoms with van der Waals surface area (Å²) in [6, 6.07) is 2.07. The van der Waals surface area contributed by atoms with Crippen molar-refractivity contribution in [1.82, 2.24) is 9.97 Å². The first-order valence-corrected chi connectivity index (χ1v) is 8.54. The molecule has 6 heteroatoms. The van der Waals surface area contributed by atoms with Gasteiger partial charge in [-0.05, 0) is 38.2 Å². The summed E-state index contributed by atoms with van der Waals surface area (Å²) in [7, 11) is 0. The number of anilines is 1. The lowest BCUT2D eigenvalue weighted by Crippen LogP contribution is -2.62. The third-order valence-corrected chi connectivity index (χ3v) is 5.77. The predicted molar refractivity (Wildman–Crippen MR) is 86.2 cm³/mol. The Morgan fingerprint density at radius 1 is 1.32 bits per heavy atom. The van der Waals surface area contributed by atoms with Crippen LogP contribution in [0.1, 0.15) is 35.5 Å². The number of hydrogen-bond donors (Lipinski definition) is 1. The molecule has 3 heterocycles. The van der Waals surface area contributed by atoms with Crippen molar-refractivity contribution in [3.05, 3.63) is 16.3 Å². The van der Waals surface area contributed by atoms with E-state index in [0.29, 0.717) is 13.1 Å². The van der Waals surface area contributed by atoms with E-state index in [1.807, 2.05) is 6.92 Å². The van der Waals surface area contributed by atoms with Crippen molar-refractivity contribution in [1.29, 1.82) is 5.26 Å². The number of fused-ring (bicyclic) bond motifs is 3. The number of rotatable bonds is 2. The third kappa shape index (κ3) is 2.08. The number of nitriles is 1. The van der Waals surface area contributed by atoms with Crippen LogP contribution in [-0.2, 0) is 12.8 Å². The highest BCUT2D eigenvalue weighted by atomic mass is 32.1. The van der Waals surface area contributed by atoms with Crippen molar-refractivity contribution < 1.29 is 5.11 Å². The van der Waals surface area contributed by atoms with Crippen LogP contribution in [0.15, 0.2) is 0 Å². The average Bonchev–Trinajstić information content (AvgIpc) is 2.82. The van der Waals surface area contributed by atoms with Gasteiger partial charge < -0.3 is 10.0 Å². The lowest BCUT2D eigenvalue weighted by Gasteiger charge is -2.46. The highest BCUT2D eigenvalue weighted by molar-refractivity contribution is 7.19. The zero-order valence-corrected chi connectivity index (χ0v) is 13.4. The standard InChI is InChI=1S/C16H18N4OS/c1-10-18-14(20-8-16(21,9-20)6-7-17)13-11-4-2-3-5-12(11)22-15(13)19-10/h21H,2-6,8-9H2,1H3. The van der Waals surface area contributed by atoms with Gasteiger partial charge in [-0.3, -0.25) is 0 Å². The predicted octanol–water partition coefficient (Wildman–Crippen LogP) is 2.34. The van der Waals surface area contributed by atoms with Crippen LogP contribution in [0.25, 0.3) is 10.2 Å². The summed E-state index contributed by atoms with van der Waals surface area (Å²) in [6.45, 7) is 2.89. The van der Waals surface area contributed by atoms with Crippen molar-refractivity contribution >= 4 is 27.4 Å². The molecular formula is C16H18N4OS. The van der Waals surface area contributed by atoms with Gasteiger partial charge in [-0.1, -0.05) is 0 Å². The molecule has 0 spiro atoms. The minimum Gasteiger partial charge on any atom is -0.385 e. The zero-order valence-electron chi connectivity index (χ0n) is 12.6. The van der Waals surface area contributed by atoms with Gasteiger partial charge in [0.25, 0.3) is 0 Å². The van der Waals surface area contributed by atoms with Crippen LogP contribution in [0.3, 0.4) is 0 Å². The molecule has 0 atom stereocenters. The Labute approximate surface area is 133 Å². The Morgan fingerprint density at radius 2 is 2.09 bits per heavy atom. The molecule has 1 N–H and O–H groups in total. The molecule has 4 rings (SSSR count). The molecule has 2 aliphatic rings. The molecule has 1 aliphatic heterocycles. The van der Waals surface area contributed by atoms with Gasteiger partial charge in [0.05, 0.1) is 31.0 Å². The third-order valence-electron chi connectivity index (χ3n) is 4.59. The molecule has 114 valence electrons. The van der Waals surface area contributed by atoms with Gasteiger partial charge in [0.2, 0.25) is 0 Å². The van der Waals surface area contributed by atoms with Crippen molar-refractivity contribution in [3.8, 4) is 6.07 Å². The van der Waals surface area contributed by atoms with Gasteiger partial charge in [-0.25, -0.2) is 9.97 Å². The summed E-state index contributed by atoms with van der Waals surface area (Å²) in [5.41, 5.74) is 0.535. The van der Waals surface area contributed by atoms with E-state index in [9.17, 15) is 5.11 Å². The number of aromatic nitrogens is 2. The molecule has 0 bridgehead atoms. The second-order valence-electron chi connectivity index (χ2n) is 6.40. The van der Waals surface area contributed by atoms with E-state index in [4.69, 9.17) is 5.26 Å². The number of nitrogens with zero attached hydrogens (tertiary/aromatic N) is 4. The first-order valence-electron chi connectivity index (χ1n) is 7.73. The number of aliphatic hydroxyl groups is 1. The lowest BCUT2D eigenvalue weighted by molar-refractivity contribution is 0.0163. The maximum atomic E-state index is 10.3. The largest absolute Gasteiger partial charge is 0.385 e. The summed E-state index contributed by atoms with van der Waals surface area (Å²) in [6.07, 6.45) is 4.91. The monoisotopic (exact) mass is 314 g/mol. The molecule has 2 aromatic heterocycles. The summed E-state index contributed by atoms with van der Waals surface area (Å²) < 4.78 is 0. The van der Waals surface area contributed by atoms with Crippen molar-refractivity contribution in [2.24, 2.45) is 0 Å². The Balaban J connectivity index is 1.78. The van der Waals surface area contributed by atoms with E-state index in [-0.39, 0.29) is 6.42 Å². The van der Waals surface area contributed by atoms with E-state index in [0.717, 1.165) is 29.3 Å². The highest BCUT2D eigenvalue weighted by Gasteiger charge is 2.42. The first-order chi connectivity index (χ1) is 10.6. The fraction of sp³-hybridized carbons (Fsp3) is 0.562. The molecule has 1 aliphatic carbocycles. The molecule has 22 heavy (non-hydrogen) atoms. The molecule has 0 radical (unpaired) electrons. The normalized spacial score (nSPS) is 19.6. The fourth-order valence-corrected chi connectivity index (χ4v) is 4.85. The van der Waals surface area contributed by atoms with Crippen molar-refractivity contribution in [2.75, 3.05) is 18.0 Å². The van der Waals surface area contributed by atoms with Gasteiger partial charge in [-0.2, -0.15) is 5.26 Å². The summed E-state index contributed by atoms with van der Waals surface area (Å²) >= 11 is 1.80. The second-order valence-corrected chi connectivity index (χ2v) is 7.48. The van der Waals surface area contributed by atoms with Gasteiger partial charge in [0, 0.05) is 4.88 Å². The number of aryl methyl sites for hydroxylation is 3. The van der Waals surface area contributed by atoms with Gasteiger partial charge in [0.15, 0.2) is 0 Å². The van der Waals surface area contributed by atoms with E-state index in [1.165, 1.54) is 28.7 Å². The summed E-state index contributed by atoms with van der Waals surface area (Å²) in [4.78, 5) is 13.9. The lowest BCUT2D eigenvalue weighted by atomic mass is 9.90. The quantitative estimate of drug-likeness (QED) is 0.921. The number of thiophene rings is 1. The Kier molecular flexibility index (Phi) is 3.10. The number of hydrogen-bond acceptors (Lipinski definition) is 6. The van der Waals surface area contributed by atoms with Crippen LogP contribution in [0.4, 0.5) is 5.82 Å². The van der Waals surface area contributed by atoms with E-state index in [2.05, 4.69) is 20.9 Å². The molecule has 1 saturated heterocycles. The number of β-amino-alcohol motifs (C(OH)–C–C–N with tert-alkyl or cyclic N) is 1. The van der Waals surface area contributed by atoms with E-state index in [1.54, 1.807) is 11.3 Å². The van der Waals surface area contributed by atoms with Crippen LogP contribution in [0, 0.1) is 18.3 Å². The molecule has 5 nitrogen and oxygen atoms in total. The van der Waals surface area contributed by atoms with Crippen LogP contribution in [0.5, 0.6) is 0 Å². The molecular weight excluding hydrogens is 296 g/mol. The topological polar surface area (TPSA) is 73.0 Å². The van der Waals surface area contributed by atoms with Crippen molar-refractivity contribution in [3.63, 3.8) is 0 Å². The van der Waals surface area contributed by atoms with Gasteiger partial charge >= 0.3 is 0 Å². The van der Waals surface area contributed by atoms with Crippen LogP contribution >= 0.6 is 11.3 Å². The van der Waals surface area contributed by atoms with Gasteiger partial charge in [-0.15, -0.1) is 11.3 Å². The molecule has 2 aromatic rings. The van der Waals surface area contributed by atoms with Crippen LogP contribution in [0.2, 0.25) is 0 Å². The highest BCUT2D eigenvalue weighted by Crippen LogP contribution is 2.41. The Hall–Kier alpha value is -1.71. The Morgan fingerprint density at radius 3 is 2.86 bits per heavy atom. The van der Waals surface area contributed by atoms with Gasteiger partial charge in [0.1, 0.15) is 22.1 Å². The van der Waals surface area contributed by atoms with E-state index < -0.39 is 5.60 Å². The molecule has 0 aromatic carbocycles. The summed E-state index contributed by atoms with van der Waals surface area (Å²) in [5, 5.41) is 20.3. The average molecular weight is 314 g/mol. The Bertz CT molecular complexity index is 786. The zero-order chi connectivity index (χ0) is 15.3. The molecule has 0 saturated carbocycles. The van der Waals surface area contributed by atoms with E-state index >= 15 is 0 Å². The smallest absolute Gasteiger partial charge is 0.141 e. The SMILES string of the molecule is Cc1nc(N2CC(O)(CC#N)C2)c2c3c(sc2n1)CCCC3. The first kappa shape index (κ1) is 13.9. The maximum absolute atomic E-state index is 10.3. The minimum absolute atomic E-state index is 0.179. The van der Waals surface area contributed by atoms with Crippen LogP contribution in [-0.4, -0.2) is 33.8 Å². The molecule has 1 fully saturated rings. The second kappa shape index (κ2) is 4.90. The minimum atomic E-state index is -0.879. The fourth-order valence-electron chi connectivity index (χ4n) is 3.54. The molecule has 0 amide bonds. The van der Waals surface area contributed by atoms with Crippen LogP contribution < -0.4 is 4.90 Å². The van der Waals surface area contributed by atoms with Crippen molar-refractivity contribution in [2.45, 2.75) is 44.6 Å². The maximum Gasteiger partial charge on any atom is 0.141 e. The molecule has 0 unspecified atom stereocenters.